The fourth-order valence-corrected chi connectivity index (χ4v) is 2.36. The van der Waals surface area contributed by atoms with E-state index in [1.165, 1.54) is 31.0 Å². The van der Waals surface area contributed by atoms with Crippen molar-refractivity contribution in [3.8, 4) is 0 Å². The van der Waals surface area contributed by atoms with E-state index in [0.717, 1.165) is 25.9 Å². The van der Waals surface area contributed by atoms with E-state index in [4.69, 9.17) is 11.6 Å². The molecular formula is C13H15ClFNO. The van der Waals surface area contributed by atoms with Gasteiger partial charge in [0.2, 0.25) is 0 Å². The molecule has 1 fully saturated rings. The Kier molecular flexibility index (Phi) is 4.00. The number of amides is 1. The standard InChI is InChI=1S/C13H15ClFNO/c14-12-9-10(15)5-6-11(12)13(17)16-7-3-1-2-4-8-16/h5-6,9H,1-4,7-8H2. The van der Waals surface area contributed by atoms with E-state index in [1.807, 2.05) is 4.90 Å². The zero-order chi connectivity index (χ0) is 12.3. The molecule has 2 nitrogen and oxygen atoms in total. The van der Waals surface area contributed by atoms with Crippen LogP contribution in [0.1, 0.15) is 36.0 Å². The van der Waals surface area contributed by atoms with Gasteiger partial charge in [0.05, 0.1) is 10.6 Å². The molecule has 0 spiro atoms. The first-order valence-electron chi connectivity index (χ1n) is 5.93. The van der Waals surface area contributed by atoms with Gasteiger partial charge in [-0.3, -0.25) is 4.79 Å². The number of nitrogens with zero attached hydrogens (tertiary/aromatic N) is 1. The van der Waals surface area contributed by atoms with Crippen LogP contribution >= 0.6 is 11.6 Å². The van der Waals surface area contributed by atoms with E-state index >= 15 is 0 Å². The molecule has 0 bridgehead atoms. The Balaban J connectivity index is 2.17. The van der Waals surface area contributed by atoms with E-state index < -0.39 is 5.82 Å². The molecule has 17 heavy (non-hydrogen) atoms. The van der Waals surface area contributed by atoms with Gasteiger partial charge in [-0.1, -0.05) is 24.4 Å². The minimum absolute atomic E-state index is 0.0862. The summed E-state index contributed by atoms with van der Waals surface area (Å²) in [6.45, 7) is 1.54. The molecule has 0 N–H and O–H groups in total. The number of rotatable bonds is 1. The van der Waals surface area contributed by atoms with Gasteiger partial charge < -0.3 is 4.90 Å². The van der Waals surface area contributed by atoms with E-state index in [9.17, 15) is 9.18 Å². The molecule has 0 atom stereocenters. The summed E-state index contributed by atoms with van der Waals surface area (Å²) in [6.07, 6.45) is 4.40. The largest absolute Gasteiger partial charge is 0.339 e. The van der Waals surface area contributed by atoms with Crippen LogP contribution in [0.4, 0.5) is 4.39 Å². The summed E-state index contributed by atoms with van der Waals surface area (Å²) >= 11 is 5.90. The maximum atomic E-state index is 12.9. The smallest absolute Gasteiger partial charge is 0.255 e. The lowest BCUT2D eigenvalue weighted by atomic mass is 10.2. The fraction of sp³-hybridized carbons (Fsp3) is 0.462. The number of benzene rings is 1. The highest BCUT2D eigenvalue weighted by Gasteiger charge is 2.19. The molecule has 1 saturated heterocycles. The second kappa shape index (κ2) is 5.50. The predicted molar refractivity (Wildman–Crippen MR) is 65.8 cm³/mol. The van der Waals surface area contributed by atoms with Gasteiger partial charge in [0.1, 0.15) is 5.82 Å². The van der Waals surface area contributed by atoms with Crippen LogP contribution in [-0.4, -0.2) is 23.9 Å². The number of likely N-dealkylation sites (tertiary alicyclic amines) is 1. The highest BCUT2D eigenvalue weighted by molar-refractivity contribution is 6.33. The highest BCUT2D eigenvalue weighted by Crippen LogP contribution is 2.20. The van der Waals surface area contributed by atoms with Crippen LogP contribution in [0, 0.1) is 5.82 Å². The van der Waals surface area contributed by atoms with E-state index in [1.54, 1.807) is 0 Å². The van der Waals surface area contributed by atoms with E-state index in [-0.39, 0.29) is 10.9 Å². The number of hydrogen-bond donors (Lipinski definition) is 0. The van der Waals surface area contributed by atoms with Gasteiger partial charge in [-0.25, -0.2) is 4.39 Å². The van der Waals surface area contributed by atoms with Gasteiger partial charge in [0, 0.05) is 13.1 Å². The topological polar surface area (TPSA) is 20.3 Å². The van der Waals surface area contributed by atoms with Crippen LogP contribution in [0.5, 0.6) is 0 Å². The number of carbonyl (C=O) groups is 1. The Hall–Kier alpha value is -1.09. The van der Waals surface area contributed by atoms with Crippen LogP contribution in [0.3, 0.4) is 0 Å². The molecule has 0 aromatic heterocycles. The Morgan fingerprint density at radius 1 is 1.18 bits per heavy atom. The zero-order valence-corrected chi connectivity index (χ0v) is 10.3. The molecule has 1 aromatic rings. The van der Waals surface area contributed by atoms with Gasteiger partial charge >= 0.3 is 0 Å². The second-order valence-electron chi connectivity index (χ2n) is 4.33. The van der Waals surface area contributed by atoms with Crippen LogP contribution in [0.2, 0.25) is 5.02 Å². The summed E-state index contributed by atoms with van der Waals surface area (Å²) < 4.78 is 12.9. The van der Waals surface area contributed by atoms with Crippen LogP contribution in [-0.2, 0) is 0 Å². The molecule has 0 saturated carbocycles. The molecule has 1 amide bonds. The lowest BCUT2D eigenvalue weighted by molar-refractivity contribution is 0.0762. The van der Waals surface area contributed by atoms with Crippen molar-refractivity contribution in [3.05, 3.63) is 34.6 Å². The van der Waals surface area contributed by atoms with Gasteiger partial charge in [0.15, 0.2) is 0 Å². The Labute approximate surface area is 105 Å². The SMILES string of the molecule is O=C(c1ccc(F)cc1Cl)N1CCCCCC1. The Bertz CT molecular complexity index is 414. The molecule has 2 rings (SSSR count). The number of hydrogen-bond acceptors (Lipinski definition) is 1. The first-order valence-corrected chi connectivity index (χ1v) is 6.30. The lowest BCUT2D eigenvalue weighted by Crippen LogP contribution is -2.32. The molecule has 1 aliphatic heterocycles. The van der Waals surface area contributed by atoms with Crippen molar-refractivity contribution in [1.29, 1.82) is 0 Å². The van der Waals surface area contributed by atoms with Gasteiger partial charge in [-0.05, 0) is 31.0 Å². The van der Waals surface area contributed by atoms with Gasteiger partial charge in [-0.2, -0.15) is 0 Å². The van der Waals surface area contributed by atoms with E-state index in [2.05, 4.69) is 0 Å². The quantitative estimate of drug-likeness (QED) is 0.752. The molecule has 4 heteroatoms. The second-order valence-corrected chi connectivity index (χ2v) is 4.74. The minimum Gasteiger partial charge on any atom is -0.339 e. The van der Waals surface area contributed by atoms with Crippen LogP contribution < -0.4 is 0 Å². The molecule has 1 aliphatic rings. The highest BCUT2D eigenvalue weighted by atomic mass is 35.5. The summed E-state index contributed by atoms with van der Waals surface area (Å²) in [6, 6.07) is 3.93. The number of halogens is 2. The first-order chi connectivity index (χ1) is 8.18. The number of carbonyl (C=O) groups excluding carboxylic acids is 1. The van der Waals surface area contributed by atoms with Crippen molar-refractivity contribution in [2.75, 3.05) is 13.1 Å². The Morgan fingerprint density at radius 3 is 2.41 bits per heavy atom. The summed E-state index contributed by atoms with van der Waals surface area (Å²) in [5, 5.41) is 0.194. The average Bonchev–Trinajstić information content (AvgIpc) is 2.56. The van der Waals surface area contributed by atoms with Crippen LogP contribution in [0.15, 0.2) is 18.2 Å². The Morgan fingerprint density at radius 2 is 1.82 bits per heavy atom. The normalized spacial score (nSPS) is 16.7. The summed E-state index contributed by atoms with van der Waals surface area (Å²) in [4.78, 5) is 14.0. The first kappa shape index (κ1) is 12.4. The predicted octanol–water partition coefficient (Wildman–Crippen LogP) is 3.50. The monoisotopic (exact) mass is 255 g/mol. The van der Waals surface area contributed by atoms with Gasteiger partial charge in [-0.15, -0.1) is 0 Å². The third-order valence-electron chi connectivity index (χ3n) is 3.05. The summed E-state index contributed by atoms with van der Waals surface area (Å²) in [5.41, 5.74) is 0.398. The van der Waals surface area contributed by atoms with Crippen molar-refractivity contribution in [1.82, 2.24) is 4.90 Å². The summed E-state index contributed by atoms with van der Waals surface area (Å²) in [5.74, 6) is -0.501. The third kappa shape index (κ3) is 2.97. The third-order valence-corrected chi connectivity index (χ3v) is 3.37. The van der Waals surface area contributed by atoms with Crippen molar-refractivity contribution in [2.24, 2.45) is 0 Å². The maximum Gasteiger partial charge on any atom is 0.255 e. The van der Waals surface area contributed by atoms with Crippen molar-refractivity contribution >= 4 is 17.5 Å². The molecule has 92 valence electrons. The molecule has 1 heterocycles. The zero-order valence-electron chi connectivity index (χ0n) is 9.59. The average molecular weight is 256 g/mol. The molecule has 0 aliphatic carbocycles. The molecular weight excluding hydrogens is 241 g/mol. The molecule has 0 radical (unpaired) electrons. The molecule has 1 aromatic carbocycles. The minimum atomic E-state index is -0.414. The van der Waals surface area contributed by atoms with Crippen molar-refractivity contribution in [2.45, 2.75) is 25.7 Å². The fourth-order valence-electron chi connectivity index (χ4n) is 2.11. The maximum absolute atomic E-state index is 12.9. The van der Waals surface area contributed by atoms with Crippen LogP contribution in [0.25, 0.3) is 0 Å². The summed E-state index contributed by atoms with van der Waals surface area (Å²) in [7, 11) is 0. The lowest BCUT2D eigenvalue weighted by Gasteiger charge is -2.20. The van der Waals surface area contributed by atoms with Crippen molar-refractivity contribution < 1.29 is 9.18 Å². The van der Waals surface area contributed by atoms with Crippen molar-refractivity contribution in [3.63, 3.8) is 0 Å². The molecule has 0 unspecified atom stereocenters. The van der Waals surface area contributed by atoms with E-state index in [0.29, 0.717) is 5.56 Å². The van der Waals surface area contributed by atoms with Gasteiger partial charge in [0.25, 0.3) is 5.91 Å².